The van der Waals surface area contributed by atoms with Crippen molar-refractivity contribution in [3.8, 4) is 0 Å². The fourth-order valence-corrected chi connectivity index (χ4v) is 12.9. The van der Waals surface area contributed by atoms with Gasteiger partial charge in [0, 0.05) is 99.4 Å². The van der Waals surface area contributed by atoms with Gasteiger partial charge >= 0.3 is 0 Å². The Labute approximate surface area is 484 Å². The summed E-state index contributed by atoms with van der Waals surface area (Å²) in [6.07, 6.45) is 7.09. The van der Waals surface area contributed by atoms with Crippen molar-refractivity contribution >= 4 is 144 Å². The maximum Gasteiger partial charge on any atom is 0.133 e. The van der Waals surface area contributed by atoms with Crippen LogP contribution in [0, 0.1) is 27.7 Å². The van der Waals surface area contributed by atoms with Gasteiger partial charge in [0.2, 0.25) is 0 Å². The number of anilines is 12. The molecule has 0 N–H and O–H groups in total. The van der Waals surface area contributed by atoms with Crippen LogP contribution in [0.25, 0.3) is 76.2 Å². The van der Waals surface area contributed by atoms with Crippen LogP contribution >= 0.6 is 0 Å². The summed E-state index contributed by atoms with van der Waals surface area (Å²) in [5.41, 5.74) is 20.2. The highest BCUT2D eigenvalue weighted by Crippen LogP contribution is 2.56. The van der Waals surface area contributed by atoms with Crippen molar-refractivity contribution in [1.29, 1.82) is 0 Å². The van der Waals surface area contributed by atoms with Gasteiger partial charge in [-0.1, -0.05) is 97.1 Å². The third kappa shape index (κ3) is 7.82. The first-order valence-electron chi connectivity index (χ1n) is 28.4. The molecule has 0 bridgehead atoms. The molecular formula is C76H54N4O4. The quantitative estimate of drug-likeness (QED) is 0.112. The number of furan rings is 4. The van der Waals surface area contributed by atoms with Crippen LogP contribution in [0.5, 0.6) is 0 Å². The molecule has 0 aliphatic heterocycles. The van der Waals surface area contributed by atoms with Crippen molar-refractivity contribution in [3.05, 3.63) is 278 Å². The van der Waals surface area contributed by atoms with Crippen molar-refractivity contribution in [3.63, 3.8) is 0 Å². The molecule has 0 radical (unpaired) electrons. The van der Waals surface area contributed by atoms with Gasteiger partial charge in [0.15, 0.2) is 0 Å². The van der Waals surface area contributed by atoms with Gasteiger partial charge in [-0.25, -0.2) is 0 Å². The molecule has 0 fully saturated rings. The van der Waals surface area contributed by atoms with E-state index in [0.717, 1.165) is 167 Å². The molecular weight excluding hydrogens is 1030 g/mol. The van der Waals surface area contributed by atoms with E-state index in [9.17, 15) is 0 Å². The summed E-state index contributed by atoms with van der Waals surface area (Å²) in [6.45, 7) is 8.82. The van der Waals surface area contributed by atoms with E-state index in [1.807, 2.05) is 0 Å². The zero-order chi connectivity index (χ0) is 56.2. The van der Waals surface area contributed by atoms with Crippen LogP contribution in [-0.2, 0) is 0 Å². The number of aryl methyl sites for hydroxylation is 4. The average Bonchev–Trinajstić information content (AvgIpc) is 0.973. The lowest BCUT2D eigenvalue weighted by Crippen LogP contribution is -2.17. The van der Waals surface area contributed by atoms with Crippen LogP contribution in [0.15, 0.2) is 273 Å². The lowest BCUT2D eigenvalue weighted by atomic mass is 9.88. The highest BCUT2D eigenvalue weighted by molar-refractivity contribution is 6.33. The molecule has 16 rings (SSSR count). The highest BCUT2D eigenvalue weighted by atomic mass is 16.3. The van der Waals surface area contributed by atoms with Crippen molar-refractivity contribution < 1.29 is 17.7 Å². The molecule has 16 aromatic rings. The number of fused-ring (bicyclic) bond motifs is 4. The first kappa shape index (κ1) is 48.9. The maximum atomic E-state index is 6.01. The third-order valence-electron chi connectivity index (χ3n) is 17.0. The van der Waals surface area contributed by atoms with Crippen molar-refractivity contribution in [2.45, 2.75) is 27.7 Å². The Morgan fingerprint density at radius 1 is 0.226 bits per heavy atom. The summed E-state index contributed by atoms with van der Waals surface area (Å²) >= 11 is 0. The smallest absolute Gasteiger partial charge is 0.133 e. The second-order valence-electron chi connectivity index (χ2n) is 22.0. The molecule has 0 saturated carbocycles. The second-order valence-corrected chi connectivity index (χ2v) is 22.0. The molecule has 84 heavy (non-hydrogen) atoms. The molecule has 8 heteroatoms. The van der Waals surface area contributed by atoms with Gasteiger partial charge in [0.05, 0.1) is 47.8 Å². The summed E-state index contributed by atoms with van der Waals surface area (Å²) in [5.74, 6) is 0. The molecule has 4 heterocycles. The van der Waals surface area contributed by atoms with E-state index in [2.05, 4.69) is 278 Å². The fourth-order valence-electron chi connectivity index (χ4n) is 12.9. The summed E-state index contributed by atoms with van der Waals surface area (Å²) in [6, 6.07) is 83.4. The largest absolute Gasteiger partial charge is 0.464 e. The van der Waals surface area contributed by atoms with Gasteiger partial charge in [0.1, 0.15) is 22.3 Å². The van der Waals surface area contributed by atoms with Crippen LogP contribution < -0.4 is 19.6 Å². The van der Waals surface area contributed by atoms with Gasteiger partial charge < -0.3 is 37.3 Å². The van der Waals surface area contributed by atoms with Crippen molar-refractivity contribution in [2.24, 2.45) is 0 Å². The van der Waals surface area contributed by atoms with Gasteiger partial charge in [-0.3, -0.25) is 0 Å². The van der Waals surface area contributed by atoms with E-state index in [1.165, 1.54) is 0 Å². The zero-order valence-electron chi connectivity index (χ0n) is 46.7. The van der Waals surface area contributed by atoms with Crippen LogP contribution in [0.2, 0.25) is 0 Å². The molecule has 0 aliphatic rings. The van der Waals surface area contributed by atoms with Crippen LogP contribution in [-0.4, -0.2) is 0 Å². The van der Waals surface area contributed by atoms with E-state index in [1.54, 1.807) is 25.1 Å². The minimum atomic E-state index is 0.829. The van der Waals surface area contributed by atoms with Gasteiger partial charge in [-0.2, -0.15) is 0 Å². The normalized spacial score (nSPS) is 11.8. The average molecular weight is 1090 g/mol. The van der Waals surface area contributed by atoms with E-state index >= 15 is 0 Å². The maximum absolute atomic E-state index is 6.01. The SMILES string of the molecule is Cc1ccccc1N(c1ccc2occc2c1)c1cc(N(c2ccc3occc3c2)c2ccccc2C)c2ccc3c(N(c4ccc5occc5c4)c4ccccc4C)cc(N(c4ccc5occc5c4)c4ccccc4C)c4ccc1c2c43. The van der Waals surface area contributed by atoms with E-state index in [-0.39, 0.29) is 0 Å². The van der Waals surface area contributed by atoms with Gasteiger partial charge in [-0.15, -0.1) is 0 Å². The second kappa shape index (κ2) is 19.4. The van der Waals surface area contributed by atoms with E-state index < -0.39 is 0 Å². The Morgan fingerprint density at radius 3 is 0.702 bits per heavy atom. The number of hydrogen-bond donors (Lipinski definition) is 0. The van der Waals surface area contributed by atoms with Crippen molar-refractivity contribution in [2.75, 3.05) is 19.6 Å². The fraction of sp³-hybridized carbons (Fsp3) is 0.0526. The van der Waals surface area contributed by atoms with E-state index in [4.69, 9.17) is 17.7 Å². The minimum Gasteiger partial charge on any atom is -0.464 e. The number of nitrogens with zero attached hydrogens (tertiary/aromatic N) is 4. The number of benzene rings is 12. The monoisotopic (exact) mass is 1090 g/mol. The Bertz CT molecular complexity index is 4570. The minimum absolute atomic E-state index is 0.829. The lowest BCUT2D eigenvalue weighted by Gasteiger charge is -2.35. The highest BCUT2D eigenvalue weighted by Gasteiger charge is 2.31. The molecule has 0 atom stereocenters. The van der Waals surface area contributed by atoms with Gasteiger partial charge in [0.25, 0.3) is 0 Å². The Kier molecular flexibility index (Phi) is 11.3. The van der Waals surface area contributed by atoms with Gasteiger partial charge in [-0.05, 0) is 183 Å². The Balaban J connectivity index is 1.11. The molecule has 0 spiro atoms. The topological polar surface area (TPSA) is 65.5 Å². The lowest BCUT2D eigenvalue weighted by molar-refractivity contribution is 0.615. The first-order chi connectivity index (χ1) is 41.3. The third-order valence-corrected chi connectivity index (χ3v) is 17.0. The summed E-state index contributed by atoms with van der Waals surface area (Å²) in [7, 11) is 0. The van der Waals surface area contributed by atoms with Crippen LogP contribution in [0.4, 0.5) is 68.2 Å². The summed E-state index contributed by atoms with van der Waals surface area (Å²) < 4.78 is 24.0. The number of para-hydroxylation sites is 4. The zero-order valence-corrected chi connectivity index (χ0v) is 46.7. The number of rotatable bonds is 12. The van der Waals surface area contributed by atoms with Crippen molar-refractivity contribution in [1.82, 2.24) is 0 Å². The predicted octanol–water partition coefficient (Wildman–Crippen LogP) is 22.7. The molecule has 0 aliphatic carbocycles. The Hall–Kier alpha value is -11.0. The molecule has 4 aromatic heterocycles. The molecule has 0 unspecified atom stereocenters. The first-order valence-corrected chi connectivity index (χ1v) is 28.4. The molecule has 0 amide bonds. The Morgan fingerprint density at radius 2 is 0.464 bits per heavy atom. The standard InChI is InChI=1S/C76H54N4O4/c1-47-13-5-9-17-63(47)77(55-21-29-71-51(41-55)33-37-81-71)67-45-68(78(64-18-10-6-14-48(64)2)56-22-30-72-52(42-56)34-38-82-72)60-27-28-62-70(80(66-20-12-8-16-50(66)4)58-24-32-74-54(44-58)36-40-84-74)46-69(61-26-25-59(67)75(60)76(61)62)79(65-19-11-7-15-49(65)3)57-23-31-73-53(43-57)35-39-83-73/h5-46H,1-4H3. The summed E-state index contributed by atoms with van der Waals surface area (Å²) in [5, 5.41) is 10.7. The molecule has 0 saturated heterocycles. The molecule has 12 aromatic carbocycles. The molecule has 8 nitrogen and oxygen atoms in total. The molecule has 402 valence electrons. The number of hydrogen-bond acceptors (Lipinski definition) is 8. The van der Waals surface area contributed by atoms with Crippen LogP contribution in [0.1, 0.15) is 22.3 Å². The predicted molar refractivity (Wildman–Crippen MR) is 347 cm³/mol. The summed E-state index contributed by atoms with van der Waals surface area (Å²) in [4.78, 5) is 9.81. The van der Waals surface area contributed by atoms with Crippen LogP contribution in [0.3, 0.4) is 0 Å². The van der Waals surface area contributed by atoms with E-state index in [0.29, 0.717) is 0 Å².